The minimum Gasteiger partial charge on any atom is -0.315 e. The second-order valence-corrected chi connectivity index (χ2v) is 5.38. The first-order valence-corrected chi connectivity index (χ1v) is 6.85. The van der Waals surface area contributed by atoms with Crippen LogP contribution in [0, 0.1) is 22.0 Å². The van der Waals surface area contributed by atoms with E-state index in [2.05, 4.69) is 6.08 Å². The molecule has 2 aliphatic heterocycles. The summed E-state index contributed by atoms with van der Waals surface area (Å²) < 4.78 is 0. The number of amides is 1. The summed E-state index contributed by atoms with van der Waals surface area (Å²) in [6.45, 7) is 2.04. The van der Waals surface area contributed by atoms with Crippen LogP contribution >= 0.6 is 0 Å². The number of β-lactam (4-membered cyclic amide) rings is 1. The van der Waals surface area contributed by atoms with Crippen LogP contribution in [0.15, 0.2) is 36.5 Å². The number of benzene rings is 1. The van der Waals surface area contributed by atoms with E-state index in [1.54, 1.807) is 12.1 Å². The predicted molar refractivity (Wildman–Crippen MR) is 73.8 cm³/mol. The SMILES string of the molecule is CC[C@H]1C(=O)N2C=CC(Cc3ccc([N+](=O)[O-])cc3)[C@@H]12. The van der Waals surface area contributed by atoms with E-state index >= 15 is 0 Å². The van der Waals surface area contributed by atoms with Crippen molar-refractivity contribution in [1.82, 2.24) is 4.90 Å². The lowest BCUT2D eigenvalue weighted by molar-refractivity contribution is -0.384. The second-order valence-electron chi connectivity index (χ2n) is 5.38. The number of carbonyl (C=O) groups is 1. The predicted octanol–water partition coefficient (Wildman–Crippen LogP) is 2.52. The number of hydrogen-bond donors (Lipinski definition) is 0. The molecule has 1 unspecified atom stereocenters. The van der Waals surface area contributed by atoms with Crippen LogP contribution in [-0.2, 0) is 11.2 Å². The Morgan fingerprint density at radius 1 is 1.30 bits per heavy atom. The first kappa shape index (κ1) is 12.8. The standard InChI is InChI=1S/C15H16N2O3/c1-2-13-14-11(7-8-16(14)15(13)18)9-10-3-5-12(6-4-10)17(19)20/h3-8,11,13-14H,2,9H2,1H3/t11?,13-,14+/m1/s1. The molecule has 3 rings (SSSR count). The van der Waals surface area contributed by atoms with Crippen LogP contribution in [0.2, 0.25) is 0 Å². The van der Waals surface area contributed by atoms with E-state index in [1.165, 1.54) is 12.1 Å². The van der Waals surface area contributed by atoms with Crippen LogP contribution in [0.4, 0.5) is 5.69 Å². The van der Waals surface area contributed by atoms with Crippen molar-refractivity contribution in [3.8, 4) is 0 Å². The zero-order chi connectivity index (χ0) is 14.3. The molecule has 2 aliphatic rings. The molecule has 5 nitrogen and oxygen atoms in total. The number of rotatable bonds is 4. The quantitative estimate of drug-likeness (QED) is 0.480. The highest BCUT2D eigenvalue weighted by molar-refractivity contribution is 5.88. The van der Waals surface area contributed by atoms with Gasteiger partial charge < -0.3 is 4.90 Å². The lowest BCUT2D eigenvalue weighted by atomic mass is 9.78. The van der Waals surface area contributed by atoms with Crippen molar-refractivity contribution in [2.24, 2.45) is 11.8 Å². The summed E-state index contributed by atoms with van der Waals surface area (Å²) in [6, 6.07) is 6.96. The highest BCUT2D eigenvalue weighted by Gasteiger charge is 2.50. The van der Waals surface area contributed by atoms with E-state index in [0.717, 1.165) is 18.4 Å². The molecule has 0 aromatic heterocycles. The van der Waals surface area contributed by atoms with Crippen molar-refractivity contribution in [3.63, 3.8) is 0 Å². The molecule has 3 atom stereocenters. The van der Waals surface area contributed by atoms with Gasteiger partial charge in [0.1, 0.15) is 0 Å². The maximum atomic E-state index is 11.8. The third kappa shape index (κ3) is 1.90. The van der Waals surface area contributed by atoms with Gasteiger partial charge in [-0.05, 0) is 18.4 Å². The summed E-state index contributed by atoms with van der Waals surface area (Å²) in [5.74, 6) is 0.673. The van der Waals surface area contributed by atoms with E-state index < -0.39 is 4.92 Å². The van der Waals surface area contributed by atoms with Crippen molar-refractivity contribution in [3.05, 3.63) is 52.2 Å². The maximum absolute atomic E-state index is 11.8. The molecule has 0 saturated carbocycles. The summed E-state index contributed by atoms with van der Waals surface area (Å²) in [4.78, 5) is 23.9. The van der Waals surface area contributed by atoms with Gasteiger partial charge in [0, 0.05) is 24.3 Å². The van der Waals surface area contributed by atoms with Gasteiger partial charge in [0.2, 0.25) is 5.91 Å². The Balaban J connectivity index is 1.71. The molecule has 1 amide bonds. The monoisotopic (exact) mass is 272 g/mol. The van der Waals surface area contributed by atoms with Crippen LogP contribution < -0.4 is 0 Å². The molecule has 1 aromatic rings. The number of carbonyl (C=O) groups excluding carboxylic acids is 1. The zero-order valence-electron chi connectivity index (χ0n) is 11.2. The molecule has 0 aliphatic carbocycles. The maximum Gasteiger partial charge on any atom is 0.269 e. The third-order valence-electron chi connectivity index (χ3n) is 4.30. The van der Waals surface area contributed by atoms with Crippen molar-refractivity contribution in [2.75, 3.05) is 0 Å². The molecule has 1 saturated heterocycles. The van der Waals surface area contributed by atoms with Gasteiger partial charge in [0.05, 0.1) is 16.9 Å². The minimum absolute atomic E-state index is 0.114. The molecular formula is C15H16N2O3. The molecule has 1 aromatic carbocycles. The number of nitro benzene ring substituents is 1. The van der Waals surface area contributed by atoms with E-state index in [9.17, 15) is 14.9 Å². The first-order chi connectivity index (χ1) is 9.61. The van der Waals surface area contributed by atoms with Crippen LogP contribution in [0.1, 0.15) is 18.9 Å². The fraction of sp³-hybridized carbons (Fsp3) is 0.400. The molecule has 104 valence electrons. The van der Waals surface area contributed by atoms with Gasteiger partial charge in [0.15, 0.2) is 0 Å². The lowest BCUT2D eigenvalue weighted by Gasteiger charge is -2.44. The van der Waals surface area contributed by atoms with Crippen LogP contribution in [0.5, 0.6) is 0 Å². The van der Waals surface area contributed by atoms with Crippen LogP contribution in [-0.4, -0.2) is 21.8 Å². The van der Waals surface area contributed by atoms with Crippen LogP contribution in [0.25, 0.3) is 0 Å². The van der Waals surface area contributed by atoms with Gasteiger partial charge in [-0.15, -0.1) is 0 Å². The van der Waals surface area contributed by atoms with Gasteiger partial charge in [-0.2, -0.15) is 0 Å². The summed E-state index contributed by atoms with van der Waals surface area (Å²) in [5.41, 5.74) is 1.18. The fourth-order valence-electron chi connectivity index (χ4n) is 3.22. The molecule has 5 heteroatoms. The first-order valence-electron chi connectivity index (χ1n) is 6.85. The Labute approximate surface area is 117 Å². The van der Waals surface area contributed by atoms with E-state index in [-0.39, 0.29) is 23.6 Å². The van der Waals surface area contributed by atoms with Crippen molar-refractivity contribution in [2.45, 2.75) is 25.8 Å². The normalized spacial score (nSPS) is 27.4. The zero-order valence-corrected chi connectivity index (χ0v) is 11.2. The molecule has 0 bridgehead atoms. The lowest BCUT2D eigenvalue weighted by Crippen LogP contribution is -2.58. The molecule has 20 heavy (non-hydrogen) atoms. The highest BCUT2D eigenvalue weighted by Crippen LogP contribution is 2.40. The summed E-state index contributed by atoms with van der Waals surface area (Å²) >= 11 is 0. The molecule has 0 N–H and O–H groups in total. The van der Waals surface area contributed by atoms with E-state index in [0.29, 0.717) is 5.92 Å². The number of nitro groups is 1. The van der Waals surface area contributed by atoms with Gasteiger partial charge >= 0.3 is 0 Å². The smallest absolute Gasteiger partial charge is 0.269 e. The molecule has 0 spiro atoms. The third-order valence-corrected chi connectivity index (χ3v) is 4.30. The largest absolute Gasteiger partial charge is 0.315 e. The van der Waals surface area contributed by atoms with Gasteiger partial charge in [-0.3, -0.25) is 14.9 Å². The van der Waals surface area contributed by atoms with Gasteiger partial charge in [-0.25, -0.2) is 0 Å². The van der Waals surface area contributed by atoms with E-state index in [1.807, 2.05) is 18.0 Å². The van der Waals surface area contributed by atoms with Gasteiger partial charge in [-0.1, -0.05) is 25.1 Å². The summed E-state index contributed by atoms with van der Waals surface area (Å²) in [6.07, 6.45) is 5.66. The number of hydrogen-bond acceptors (Lipinski definition) is 3. The Bertz CT molecular complexity index is 579. The van der Waals surface area contributed by atoms with E-state index in [4.69, 9.17) is 0 Å². The number of fused-ring (bicyclic) bond motifs is 1. The number of nitrogens with zero attached hydrogens (tertiary/aromatic N) is 2. The van der Waals surface area contributed by atoms with Gasteiger partial charge in [0.25, 0.3) is 5.69 Å². The Morgan fingerprint density at radius 3 is 2.60 bits per heavy atom. The fourth-order valence-corrected chi connectivity index (χ4v) is 3.22. The molecule has 2 heterocycles. The van der Waals surface area contributed by atoms with Crippen molar-refractivity contribution >= 4 is 11.6 Å². The molecular weight excluding hydrogens is 256 g/mol. The van der Waals surface area contributed by atoms with Crippen molar-refractivity contribution < 1.29 is 9.72 Å². The molecule has 0 radical (unpaired) electrons. The Hall–Kier alpha value is -2.17. The number of non-ortho nitro benzene ring substituents is 1. The second kappa shape index (κ2) is 4.74. The minimum atomic E-state index is -0.390. The summed E-state index contributed by atoms with van der Waals surface area (Å²) in [7, 11) is 0. The van der Waals surface area contributed by atoms with Crippen LogP contribution in [0.3, 0.4) is 0 Å². The average molecular weight is 272 g/mol. The highest BCUT2D eigenvalue weighted by atomic mass is 16.6. The topological polar surface area (TPSA) is 63.5 Å². The summed E-state index contributed by atoms with van der Waals surface area (Å²) in [5, 5.41) is 10.6. The molecule has 1 fully saturated rings. The average Bonchev–Trinajstić information content (AvgIpc) is 2.79. The Kier molecular flexibility index (Phi) is 3.04. The van der Waals surface area contributed by atoms with Crippen molar-refractivity contribution in [1.29, 1.82) is 0 Å². The Morgan fingerprint density at radius 2 is 2.00 bits per heavy atom.